The van der Waals surface area contributed by atoms with E-state index in [1.165, 1.54) is 4.70 Å². The Labute approximate surface area is 161 Å². The summed E-state index contributed by atoms with van der Waals surface area (Å²) in [5.74, 6) is 0.853. The Morgan fingerprint density at radius 2 is 2.00 bits per heavy atom. The Morgan fingerprint density at radius 3 is 2.85 bits per heavy atom. The largest absolute Gasteiger partial charge is 0.340 e. The fraction of sp³-hybridized carbons (Fsp3) is 0.0526. The van der Waals surface area contributed by atoms with Crippen LogP contribution in [-0.2, 0) is 0 Å². The van der Waals surface area contributed by atoms with Crippen molar-refractivity contribution >= 4 is 65.5 Å². The van der Waals surface area contributed by atoms with E-state index in [0.29, 0.717) is 6.54 Å². The molecule has 126 valence electrons. The molecular formula is C19H12BrN5S. The van der Waals surface area contributed by atoms with E-state index in [2.05, 4.69) is 66.3 Å². The minimum absolute atomic E-state index is 0.524. The zero-order valence-electron chi connectivity index (χ0n) is 13.5. The Bertz CT molecular complexity index is 1210. The van der Waals surface area contributed by atoms with Gasteiger partial charge in [-0.05, 0) is 40.9 Å². The Morgan fingerprint density at radius 1 is 1.04 bits per heavy atom. The predicted molar refractivity (Wildman–Crippen MR) is 111 cm³/mol. The number of rotatable bonds is 3. The van der Waals surface area contributed by atoms with Crippen LogP contribution in [0.25, 0.3) is 21.0 Å². The number of anilines is 2. The zero-order valence-corrected chi connectivity index (χ0v) is 15.9. The second-order valence-corrected chi connectivity index (χ2v) is 7.76. The van der Waals surface area contributed by atoms with Crippen molar-refractivity contribution in [2.75, 3.05) is 11.9 Å². The topological polar surface area (TPSA) is 62.0 Å². The lowest BCUT2D eigenvalue weighted by Crippen LogP contribution is -2.02. The van der Waals surface area contributed by atoms with Crippen LogP contribution in [0.2, 0.25) is 0 Å². The van der Waals surface area contributed by atoms with Crippen LogP contribution in [0.4, 0.5) is 11.5 Å². The number of hydrogen-bond donors (Lipinski definition) is 1. The molecule has 5 nitrogen and oxygen atoms in total. The van der Waals surface area contributed by atoms with Gasteiger partial charge < -0.3 is 5.32 Å². The van der Waals surface area contributed by atoms with Gasteiger partial charge in [0.1, 0.15) is 12.4 Å². The number of benzene rings is 2. The molecule has 0 aliphatic carbocycles. The van der Waals surface area contributed by atoms with Crippen LogP contribution in [-0.4, -0.2) is 17.2 Å². The predicted octanol–water partition coefficient (Wildman–Crippen LogP) is 6.13. The van der Waals surface area contributed by atoms with Crippen LogP contribution >= 0.6 is 27.3 Å². The molecule has 0 saturated heterocycles. The first-order chi connectivity index (χ1) is 12.8. The van der Waals surface area contributed by atoms with E-state index in [4.69, 9.17) is 4.98 Å². The Balaban J connectivity index is 1.67. The molecule has 3 heterocycles. The van der Waals surface area contributed by atoms with Crippen molar-refractivity contribution in [1.29, 1.82) is 0 Å². The average molecular weight is 422 g/mol. The normalized spacial score (nSPS) is 13.5. The van der Waals surface area contributed by atoms with Crippen molar-refractivity contribution in [3.63, 3.8) is 0 Å². The highest BCUT2D eigenvalue weighted by molar-refractivity contribution is 9.10. The molecule has 7 heteroatoms. The molecule has 2 aromatic carbocycles. The summed E-state index contributed by atoms with van der Waals surface area (Å²) in [7, 11) is 0. The van der Waals surface area contributed by atoms with Gasteiger partial charge in [-0.15, -0.1) is 16.4 Å². The number of nitrogens with zero attached hydrogens (tertiary/aromatic N) is 4. The molecular weight excluding hydrogens is 410 g/mol. The number of pyridine rings is 1. The molecule has 1 aliphatic rings. The van der Waals surface area contributed by atoms with Crippen LogP contribution in [0.5, 0.6) is 0 Å². The molecule has 2 aromatic heterocycles. The van der Waals surface area contributed by atoms with E-state index in [9.17, 15) is 0 Å². The number of hydrogen-bond acceptors (Lipinski definition) is 6. The molecule has 0 saturated carbocycles. The second-order valence-electron chi connectivity index (χ2n) is 5.93. The van der Waals surface area contributed by atoms with E-state index in [1.807, 2.05) is 24.3 Å². The highest BCUT2D eigenvalue weighted by atomic mass is 79.9. The summed E-state index contributed by atoms with van der Waals surface area (Å²) >= 11 is 5.24. The molecule has 5 rings (SSSR count). The third-order valence-electron chi connectivity index (χ3n) is 4.26. The second kappa shape index (κ2) is 6.26. The van der Waals surface area contributed by atoms with Gasteiger partial charge in [-0.2, -0.15) is 5.11 Å². The molecule has 0 unspecified atom stereocenters. The number of aromatic nitrogens is 1. The lowest BCUT2D eigenvalue weighted by atomic mass is 10.1. The van der Waals surface area contributed by atoms with Crippen molar-refractivity contribution in [1.82, 2.24) is 4.98 Å². The Hall–Kier alpha value is -2.64. The summed E-state index contributed by atoms with van der Waals surface area (Å²) in [6.07, 6.45) is 0. The summed E-state index contributed by atoms with van der Waals surface area (Å²) in [5.41, 5.74) is 3.82. The highest BCUT2D eigenvalue weighted by Gasteiger charge is 2.13. The Kier molecular flexibility index (Phi) is 3.76. The van der Waals surface area contributed by atoms with Crippen LogP contribution in [0.3, 0.4) is 0 Å². The summed E-state index contributed by atoms with van der Waals surface area (Å²) in [4.78, 5) is 4.90. The summed E-state index contributed by atoms with van der Waals surface area (Å²) in [5, 5.41) is 19.6. The maximum absolute atomic E-state index is 4.90. The van der Waals surface area contributed by atoms with Gasteiger partial charge in [0.15, 0.2) is 0 Å². The van der Waals surface area contributed by atoms with Gasteiger partial charge in [0.2, 0.25) is 0 Å². The molecule has 0 radical (unpaired) electrons. The number of halogens is 1. The van der Waals surface area contributed by atoms with Crippen molar-refractivity contribution < 1.29 is 0 Å². The lowest BCUT2D eigenvalue weighted by Gasteiger charge is -2.10. The molecule has 0 bridgehead atoms. The smallest absolute Gasteiger partial charge is 0.139 e. The number of nitrogens with one attached hydrogen (secondary N) is 1. The first kappa shape index (κ1) is 15.6. The van der Waals surface area contributed by atoms with Crippen LogP contribution in [0.1, 0.15) is 5.56 Å². The van der Waals surface area contributed by atoms with Crippen molar-refractivity contribution in [3.8, 4) is 0 Å². The molecule has 1 aliphatic heterocycles. The van der Waals surface area contributed by atoms with Gasteiger partial charge in [0.25, 0.3) is 0 Å². The van der Waals surface area contributed by atoms with Crippen molar-refractivity contribution in [3.05, 3.63) is 63.9 Å². The minimum atomic E-state index is 0.524. The molecule has 0 amide bonds. The molecule has 26 heavy (non-hydrogen) atoms. The third-order valence-corrected chi connectivity index (χ3v) is 5.71. The molecule has 1 N–H and O–H groups in total. The zero-order chi connectivity index (χ0) is 17.5. The first-order valence-electron chi connectivity index (χ1n) is 8.05. The quantitative estimate of drug-likeness (QED) is 0.432. The minimum Gasteiger partial charge on any atom is -0.340 e. The summed E-state index contributed by atoms with van der Waals surface area (Å²) in [6.45, 7) is 0.524. The first-order valence-corrected chi connectivity index (χ1v) is 9.72. The number of thiophene rings is 1. The lowest BCUT2D eigenvalue weighted by molar-refractivity contribution is 1.06. The van der Waals surface area contributed by atoms with Crippen molar-refractivity contribution in [2.45, 2.75) is 0 Å². The van der Waals surface area contributed by atoms with E-state index < -0.39 is 0 Å². The maximum Gasteiger partial charge on any atom is 0.139 e. The van der Waals surface area contributed by atoms with Crippen molar-refractivity contribution in [2.24, 2.45) is 15.4 Å². The third kappa shape index (κ3) is 2.69. The molecule has 0 spiro atoms. The van der Waals surface area contributed by atoms with Gasteiger partial charge in [-0.1, -0.05) is 34.1 Å². The summed E-state index contributed by atoms with van der Waals surface area (Å²) < 4.78 is 2.25. The van der Waals surface area contributed by atoms with Crippen LogP contribution in [0, 0.1) is 0 Å². The monoisotopic (exact) mass is 421 g/mol. The maximum atomic E-state index is 4.90. The van der Waals surface area contributed by atoms with Crippen LogP contribution in [0.15, 0.2) is 73.8 Å². The van der Waals surface area contributed by atoms with E-state index in [1.54, 1.807) is 11.3 Å². The van der Waals surface area contributed by atoms with E-state index in [0.717, 1.165) is 43.5 Å². The fourth-order valence-electron chi connectivity index (χ4n) is 3.04. The SMILES string of the molecule is Brc1cccc(Nc2nc3cc(C4=NN=NC4)ccc3c3sccc23)c1. The van der Waals surface area contributed by atoms with Gasteiger partial charge in [0, 0.05) is 31.2 Å². The average Bonchev–Trinajstić information content (AvgIpc) is 3.33. The molecule has 4 aromatic rings. The standard InChI is InChI=1S/C19H12BrN5S/c20-12-2-1-3-13(9-12)22-19-15-6-7-26-18(15)14-5-4-11(8-16(14)23-19)17-10-21-25-24-17/h1-9H,10H2,(H,22,23). The van der Waals surface area contributed by atoms with E-state index >= 15 is 0 Å². The molecule has 0 fully saturated rings. The van der Waals surface area contributed by atoms with Gasteiger partial charge >= 0.3 is 0 Å². The highest BCUT2D eigenvalue weighted by Crippen LogP contribution is 2.35. The number of fused-ring (bicyclic) bond motifs is 3. The fourth-order valence-corrected chi connectivity index (χ4v) is 4.37. The van der Waals surface area contributed by atoms with E-state index in [-0.39, 0.29) is 0 Å². The summed E-state index contributed by atoms with van der Waals surface area (Å²) in [6, 6.07) is 16.4. The van der Waals surface area contributed by atoms with Crippen LogP contribution < -0.4 is 5.32 Å². The molecule has 0 atom stereocenters. The van der Waals surface area contributed by atoms with Gasteiger partial charge in [-0.3, -0.25) is 0 Å². The van der Waals surface area contributed by atoms with Gasteiger partial charge in [-0.25, -0.2) is 4.98 Å². The van der Waals surface area contributed by atoms with Gasteiger partial charge in [0.05, 0.1) is 11.2 Å².